The van der Waals surface area contributed by atoms with Gasteiger partial charge in [-0.15, -0.1) is 0 Å². The normalized spacial score (nSPS) is 19.3. The quantitative estimate of drug-likeness (QED) is 0.588. The van der Waals surface area contributed by atoms with E-state index in [4.69, 9.17) is 5.73 Å². The summed E-state index contributed by atoms with van der Waals surface area (Å²) in [6.07, 6.45) is 10.7. The maximum atomic E-state index is 5.45. The Kier molecular flexibility index (Phi) is 5.49. The van der Waals surface area contributed by atoms with Gasteiger partial charge in [-0.05, 0) is 51.6 Å². The second kappa shape index (κ2) is 6.41. The third-order valence-electron chi connectivity index (χ3n) is 3.62. The summed E-state index contributed by atoms with van der Waals surface area (Å²) in [6, 6.07) is 0. The minimum absolute atomic E-state index is 0.536. The van der Waals surface area contributed by atoms with Gasteiger partial charge < -0.3 is 11.1 Å². The summed E-state index contributed by atoms with van der Waals surface area (Å²) in [5.74, 6) is 0. The van der Waals surface area contributed by atoms with Crippen molar-refractivity contribution in [3.8, 4) is 0 Å². The van der Waals surface area contributed by atoms with E-state index < -0.39 is 0 Å². The van der Waals surface area contributed by atoms with Crippen LogP contribution >= 0.6 is 0 Å². The molecule has 1 saturated carbocycles. The first-order chi connectivity index (χ1) is 6.83. The highest BCUT2D eigenvalue weighted by atomic mass is 15.0. The summed E-state index contributed by atoms with van der Waals surface area (Å²) in [7, 11) is 0. The zero-order valence-electron chi connectivity index (χ0n) is 9.65. The van der Waals surface area contributed by atoms with Crippen LogP contribution in [0.3, 0.4) is 0 Å². The van der Waals surface area contributed by atoms with Crippen LogP contribution in [0.15, 0.2) is 0 Å². The zero-order chi connectivity index (χ0) is 10.3. The van der Waals surface area contributed by atoms with Gasteiger partial charge in [-0.1, -0.05) is 19.8 Å². The van der Waals surface area contributed by atoms with Crippen molar-refractivity contribution in [2.45, 2.75) is 63.8 Å². The molecule has 1 rings (SSSR count). The average Bonchev–Trinajstić information content (AvgIpc) is 2.15. The van der Waals surface area contributed by atoms with Crippen molar-refractivity contribution in [1.82, 2.24) is 5.32 Å². The fourth-order valence-corrected chi connectivity index (χ4v) is 2.24. The lowest BCUT2D eigenvalue weighted by Gasteiger charge is -2.42. The SMILES string of the molecule is CCC1(NCCCCCCN)CCC1. The Labute approximate surface area is 88.6 Å². The Balaban J connectivity index is 1.92. The molecule has 0 aromatic carbocycles. The van der Waals surface area contributed by atoms with Gasteiger partial charge in [-0.3, -0.25) is 0 Å². The van der Waals surface area contributed by atoms with Gasteiger partial charge >= 0.3 is 0 Å². The second-order valence-electron chi connectivity index (χ2n) is 4.62. The lowest BCUT2D eigenvalue weighted by Crippen LogP contribution is -2.50. The standard InChI is InChI=1S/C12H26N2/c1-2-12(8-7-9-12)14-11-6-4-3-5-10-13/h14H,2-11,13H2,1H3. The van der Waals surface area contributed by atoms with E-state index in [0.29, 0.717) is 5.54 Å². The van der Waals surface area contributed by atoms with Gasteiger partial charge in [0.15, 0.2) is 0 Å². The third-order valence-corrected chi connectivity index (χ3v) is 3.62. The van der Waals surface area contributed by atoms with Crippen molar-refractivity contribution < 1.29 is 0 Å². The van der Waals surface area contributed by atoms with Crippen LogP contribution in [0.1, 0.15) is 58.3 Å². The Hall–Kier alpha value is -0.0800. The van der Waals surface area contributed by atoms with Crippen LogP contribution in [0.2, 0.25) is 0 Å². The Bertz CT molecular complexity index is 136. The Morgan fingerprint density at radius 3 is 2.36 bits per heavy atom. The van der Waals surface area contributed by atoms with E-state index >= 15 is 0 Å². The molecule has 0 atom stereocenters. The van der Waals surface area contributed by atoms with E-state index in [1.165, 1.54) is 57.9 Å². The van der Waals surface area contributed by atoms with Crippen molar-refractivity contribution in [3.05, 3.63) is 0 Å². The topological polar surface area (TPSA) is 38.0 Å². The maximum Gasteiger partial charge on any atom is 0.0178 e. The van der Waals surface area contributed by atoms with Crippen LogP contribution in [0.5, 0.6) is 0 Å². The first-order valence-electron chi connectivity index (χ1n) is 6.28. The van der Waals surface area contributed by atoms with E-state index in [0.717, 1.165) is 6.54 Å². The summed E-state index contributed by atoms with van der Waals surface area (Å²) in [4.78, 5) is 0. The molecular formula is C12H26N2. The van der Waals surface area contributed by atoms with Crippen molar-refractivity contribution in [2.24, 2.45) is 5.73 Å². The monoisotopic (exact) mass is 198 g/mol. The van der Waals surface area contributed by atoms with Crippen LogP contribution in [0.4, 0.5) is 0 Å². The van der Waals surface area contributed by atoms with E-state index in [1.807, 2.05) is 0 Å². The molecular weight excluding hydrogens is 172 g/mol. The zero-order valence-corrected chi connectivity index (χ0v) is 9.65. The fourth-order valence-electron chi connectivity index (χ4n) is 2.24. The molecule has 2 heteroatoms. The molecule has 0 heterocycles. The molecule has 2 nitrogen and oxygen atoms in total. The van der Waals surface area contributed by atoms with Crippen LogP contribution in [-0.2, 0) is 0 Å². The summed E-state index contributed by atoms with van der Waals surface area (Å²) >= 11 is 0. The molecule has 14 heavy (non-hydrogen) atoms. The molecule has 0 unspecified atom stereocenters. The van der Waals surface area contributed by atoms with Gasteiger partial charge in [-0.25, -0.2) is 0 Å². The highest BCUT2D eigenvalue weighted by Crippen LogP contribution is 2.34. The van der Waals surface area contributed by atoms with Gasteiger partial charge in [-0.2, -0.15) is 0 Å². The molecule has 0 radical (unpaired) electrons. The molecule has 1 aliphatic carbocycles. The van der Waals surface area contributed by atoms with E-state index in [9.17, 15) is 0 Å². The molecule has 3 N–H and O–H groups in total. The van der Waals surface area contributed by atoms with Crippen LogP contribution in [0.25, 0.3) is 0 Å². The van der Waals surface area contributed by atoms with Crippen molar-refractivity contribution in [1.29, 1.82) is 0 Å². The smallest absolute Gasteiger partial charge is 0.0178 e. The molecule has 0 aliphatic heterocycles. The maximum absolute atomic E-state index is 5.45. The first kappa shape index (κ1) is 12.0. The molecule has 0 bridgehead atoms. The molecule has 0 spiro atoms. The van der Waals surface area contributed by atoms with Crippen LogP contribution in [0, 0.1) is 0 Å². The highest BCUT2D eigenvalue weighted by Gasteiger charge is 2.33. The van der Waals surface area contributed by atoms with Crippen LogP contribution < -0.4 is 11.1 Å². The minimum atomic E-state index is 0.536. The molecule has 84 valence electrons. The van der Waals surface area contributed by atoms with Crippen molar-refractivity contribution >= 4 is 0 Å². The van der Waals surface area contributed by atoms with Crippen molar-refractivity contribution in [3.63, 3.8) is 0 Å². The summed E-state index contributed by atoms with van der Waals surface area (Å²) in [5, 5.41) is 3.73. The third kappa shape index (κ3) is 3.58. The highest BCUT2D eigenvalue weighted by molar-refractivity contribution is 4.94. The average molecular weight is 198 g/mol. The number of nitrogens with one attached hydrogen (secondary N) is 1. The van der Waals surface area contributed by atoms with E-state index in [2.05, 4.69) is 12.2 Å². The molecule has 0 aromatic rings. The summed E-state index contributed by atoms with van der Waals surface area (Å²) in [6.45, 7) is 4.37. The lowest BCUT2D eigenvalue weighted by molar-refractivity contribution is 0.177. The molecule has 1 aliphatic rings. The van der Waals surface area contributed by atoms with E-state index in [1.54, 1.807) is 0 Å². The summed E-state index contributed by atoms with van der Waals surface area (Å²) in [5.41, 5.74) is 5.98. The molecule has 0 saturated heterocycles. The van der Waals surface area contributed by atoms with Gasteiger partial charge in [0.1, 0.15) is 0 Å². The number of nitrogens with two attached hydrogens (primary N) is 1. The number of hydrogen-bond acceptors (Lipinski definition) is 2. The van der Waals surface area contributed by atoms with Gasteiger partial charge in [0.2, 0.25) is 0 Å². The van der Waals surface area contributed by atoms with Gasteiger partial charge in [0, 0.05) is 5.54 Å². The Morgan fingerprint density at radius 1 is 1.14 bits per heavy atom. The minimum Gasteiger partial charge on any atom is -0.330 e. The van der Waals surface area contributed by atoms with Crippen LogP contribution in [-0.4, -0.2) is 18.6 Å². The second-order valence-corrected chi connectivity index (χ2v) is 4.62. The first-order valence-corrected chi connectivity index (χ1v) is 6.28. The molecule has 1 fully saturated rings. The van der Waals surface area contributed by atoms with Gasteiger partial charge in [0.25, 0.3) is 0 Å². The van der Waals surface area contributed by atoms with Crippen molar-refractivity contribution in [2.75, 3.05) is 13.1 Å². The predicted octanol–water partition coefficient (Wildman–Crippen LogP) is 2.43. The predicted molar refractivity (Wildman–Crippen MR) is 62.4 cm³/mol. The summed E-state index contributed by atoms with van der Waals surface area (Å²) < 4.78 is 0. The lowest BCUT2D eigenvalue weighted by atomic mass is 9.75. The largest absolute Gasteiger partial charge is 0.330 e. The Morgan fingerprint density at radius 2 is 1.86 bits per heavy atom. The van der Waals surface area contributed by atoms with Gasteiger partial charge in [0.05, 0.1) is 0 Å². The number of hydrogen-bond donors (Lipinski definition) is 2. The van der Waals surface area contributed by atoms with E-state index in [-0.39, 0.29) is 0 Å². The molecule has 0 aromatic heterocycles. The number of unbranched alkanes of at least 4 members (excludes halogenated alkanes) is 3. The fraction of sp³-hybridized carbons (Fsp3) is 1.00. The number of rotatable bonds is 8. The molecule has 0 amide bonds.